The van der Waals surface area contributed by atoms with Gasteiger partial charge in [-0.25, -0.2) is 14.5 Å². The number of thiazole rings is 1. The molecule has 0 unspecified atom stereocenters. The highest BCUT2D eigenvalue weighted by atomic mass is 32.1. The monoisotopic (exact) mass is 561 g/mol. The van der Waals surface area contributed by atoms with E-state index < -0.39 is 12.6 Å². The number of halogens is 3. The first-order valence-electron chi connectivity index (χ1n) is 13.1. The van der Waals surface area contributed by atoms with E-state index in [9.17, 15) is 13.2 Å². The molecule has 4 aromatic rings. The maximum absolute atomic E-state index is 13.8. The molecular formula is C26H30F3N7O2S. The SMILES string of the molecule is COc1cc(-c2n[nH]c(-c3nc(C)c(C4CCC(N5CCOCC5)CC4)s3)c2CC(F)(F)F)cn2ncnc12. The maximum Gasteiger partial charge on any atom is 0.393 e. The van der Waals surface area contributed by atoms with Gasteiger partial charge in [-0.3, -0.25) is 10.00 Å². The van der Waals surface area contributed by atoms with Crippen LogP contribution in [0.1, 0.15) is 47.7 Å². The molecule has 1 aliphatic heterocycles. The van der Waals surface area contributed by atoms with Crippen LogP contribution in [0.25, 0.3) is 27.6 Å². The summed E-state index contributed by atoms with van der Waals surface area (Å²) in [7, 11) is 1.48. The minimum absolute atomic E-state index is 0.0559. The quantitative estimate of drug-likeness (QED) is 0.353. The number of methoxy groups -OCH3 is 1. The van der Waals surface area contributed by atoms with Crippen molar-refractivity contribution < 1.29 is 22.6 Å². The number of morpholine rings is 1. The number of aryl methyl sites for hydroxylation is 1. The van der Waals surface area contributed by atoms with E-state index in [4.69, 9.17) is 14.5 Å². The van der Waals surface area contributed by atoms with Crippen molar-refractivity contribution in [3.05, 3.63) is 34.7 Å². The zero-order chi connectivity index (χ0) is 27.1. The standard InChI is InChI=1S/C26H30F3N7O2S/c1-15-23(16-3-5-18(6-4-16)35-7-9-38-10-8-35)39-25(32-15)22-19(12-26(27,28)29)21(33-34-22)17-11-20(37-2)24-30-14-31-36(24)13-17/h11,13-14,16,18H,3-10,12H2,1-2H3,(H,33,34). The molecule has 0 bridgehead atoms. The predicted octanol–water partition coefficient (Wildman–Crippen LogP) is 5.02. The molecule has 4 aromatic heterocycles. The zero-order valence-corrected chi connectivity index (χ0v) is 22.6. The molecule has 0 atom stereocenters. The molecule has 1 saturated heterocycles. The Labute approximate surface area is 227 Å². The van der Waals surface area contributed by atoms with E-state index in [1.54, 1.807) is 12.3 Å². The predicted molar refractivity (Wildman–Crippen MR) is 140 cm³/mol. The summed E-state index contributed by atoms with van der Waals surface area (Å²) in [6.07, 6.45) is 1.72. The van der Waals surface area contributed by atoms with Crippen LogP contribution in [0.5, 0.6) is 5.75 Å². The zero-order valence-electron chi connectivity index (χ0n) is 21.8. The van der Waals surface area contributed by atoms with Crippen molar-refractivity contribution in [1.82, 2.24) is 34.7 Å². The largest absolute Gasteiger partial charge is 0.493 e. The summed E-state index contributed by atoms with van der Waals surface area (Å²) in [4.78, 5) is 12.6. The van der Waals surface area contributed by atoms with Gasteiger partial charge in [-0.15, -0.1) is 11.3 Å². The van der Waals surface area contributed by atoms with E-state index >= 15 is 0 Å². The molecule has 6 rings (SSSR count). The number of alkyl halides is 3. The van der Waals surface area contributed by atoms with Crippen LogP contribution >= 0.6 is 11.3 Å². The van der Waals surface area contributed by atoms with Gasteiger partial charge in [0.25, 0.3) is 0 Å². The maximum atomic E-state index is 13.8. The number of hydrogen-bond acceptors (Lipinski definition) is 8. The first kappa shape index (κ1) is 26.2. The first-order chi connectivity index (χ1) is 18.8. The fraction of sp³-hybridized carbons (Fsp3) is 0.538. The second-order valence-electron chi connectivity index (χ2n) is 10.2. The van der Waals surface area contributed by atoms with Crippen LogP contribution in [0, 0.1) is 6.92 Å². The summed E-state index contributed by atoms with van der Waals surface area (Å²) >= 11 is 1.48. The Morgan fingerprint density at radius 1 is 1.18 bits per heavy atom. The summed E-state index contributed by atoms with van der Waals surface area (Å²) in [6, 6.07) is 2.21. The molecule has 0 spiro atoms. The average molecular weight is 562 g/mol. The molecule has 9 nitrogen and oxygen atoms in total. The lowest BCUT2D eigenvalue weighted by Crippen LogP contribution is -2.44. The summed E-state index contributed by atoms with van der Waals surface area (Å²) in [5, 5.41) is 11.9. The molecule has 5 heterocycles. The average Bonchev–Trinajstić information content (AvgIpc) is 3.66. The van der Waals surface area contributed by atoms with Crippen LogP contribution in [0.15, 0.2) is 18.6 Å². The Hall–Kier alpha value is -3.03. The molecule has 1 saturated carbocycles. The smallest absolute Gasteiger partial charge is 0.393 e. The fourth-order valence-electron chi connectivity index (χ4n) is 5.87. The van der Waals surface area contributed by atoms with Crippen molar-refractivity contribution in [3.63, 3.8) is 0 Å². The Morgan fingerprint density at radius 3 is 2.67 bits per heavy atom. The van der Waals surface area contributed by atoms with Gasteiger partial charge in [0, 0.05) is 41.3 Å². The summed E-state index contributed by atoms with van der Waals surface area (Å²) < 4.78 is 53.8. The second-order valence-corrected chi connectivity index (χ2v) is 11.2. The minimum atomic E-state index is -4.43. The lowest BCUT2D eigenvalue weighted by molar-refractivity contribution is -0.127. The Bertz CT molecular complexity index is 1450. The van der Waals surface area contributed by atoms with E-state index in [-0.39, 0.29) is 11.3 Å². The van der Waals surface area contributed by atoms with Crippen LogP contribution in [0.3, 0.4) is 0 Å². The summed E-state index contributed by atoms with van der Waals surface area (Å²) in [5.41, 5.74) is 2.35. The highest BCUT2D eigenvalue weighted by Crippen LogP contribution is 2.43. The molecule has 13 heteroatoms. The first-order valence-corrected chi connectivity index (χ1v) is 13.9. The number of hydrogen-bond donors (Lipinski definition) is 1. The number of ether oxygens (including phenoxy) is 2. The number of aromatic nitrogens is 6. The van der Waals surface area contributed by atoms with Gasteiger partial charge in [0.2, 0.25) is 0 Å². The molecule has 2 aliphatic rings. The molecule has 208 valence electrons. The van der Waals surface area contributed by atoms with Gasteiger partial charge in [-0.2, -0.15) is 23.4 Å². The Kier molecular flexibility index (Phi) is 7.06. The Morgan fingerprint density at radius 2 is 1.95 bits per heavy atom. The van der Waals surface area contributed by atoms with Crippen molar-refractivity contribution in [2.45, 2.75) is 57.2 Å². The lowest BCUT2D eigenvalue weighted by Gasteiger charge is -2.38. The van der Waals surface area contributed by atoms with Crippen LogP contribution in [0.4, 0.5) is 13.2 Å². The second kappa shape index (κ2) is 10.5. The Balaban J connectivity index is 1.31. The fourth-order valence-corrected chi connectivity index (χ4v) is 7.13. The van der Waals surface area contributed by atoms with Crippen molar-refractivity contribution in [1.29, 1.82) is 0 Å². The third-order valence-electron chi connectivity index (χ3n) is 7.76. The highest BCUT2D eigenvalue weighted by Gasteiger charge is 2.35. The molecule has 0 aromatic carbocycles. The molecule has 0 amide bonds. The molecule has 0 radical (unpaired) electrons. The molecule has 1 N–H and O–H groups in total. The molecule has 2 fully saturated rings. The van der Waals surface area contributed by atoms with Crippen LogP contribution in [-0.2, 0) is 11.2 Å². The third-order valence-corrected chi connectivity index (χ3v) is 9.09. The van der Waals surface area contributed by atoms with Gasteiger partial charge >= 0.3 is 6.18 Å². The number of fused-ring (bicyclic) bond motifs is 1. The molecule has 1 aliphatic carbocycles. The van der Waals surface area contributed by atoms with E-state index in [2.05, 4.69) is 25.2 Å². The van der Waals surface area contributed by atoms with E-state index in [1.165, 1.54) is 29.3 Å². The van der Waals surface area contributed by atoms with Gasteiger partial charge in [-0.1, -0.05) is 0 Å². The van der Waals surface area contributed by atoms with Crippen LogP contribution in [0.2, 0.25) is 0 Å². The van der Waals surface area contributed by atoms with Crippen molar-refractivity contribution in [2.24, 2.45) is 0 Å². The van der Waals surface area contributed by atoms with Crippen molar-refractivity contribution in [2.75, 3.05) is 33.4 Å². The molecular weight excluding hydrogens is 531 g/mol. The van der Waals surface area contributed by atoms with Gasteiger partial charge < -0.3 is 9.47 Å². The number of nitrogens with one attached hydrogen (secondary N) is 1. The normalized spacial score (nSPS) is 21.1. The summed E-state index contributed by atoms with van der Waals surface area (Å²) in [6.45, 7) is 5.51. The topological polar surface area (TPSA) is 93.5 Å². The van der Waals surface area contributed by atoms with Gasteiger partial charge in [-0.05, 0) is 44.6 Å². The van der Waals surface area contributed by atoms with Crippen LogP contribution in [-0.4, -0.2) is 80.3 Å². The number of pyridine rings is 1. The number of aromatic amines is 1. The number of H-pyrrole nitrogens is 1. The van der Waals surface area contributed by atoms with Crippen molar-refractivity contribution >= 4 is 17.0 Å². The minimum Gasteiger partial charge on any atom is -0.493 e. The molecule has 39 heavy (non-hydrogen) atoms. The van der Waals surface area contributed by atoms with E-state index in [0.717, 1.165) is 62.6 Å². The van der Waals surface area contributed by atoms with Crippen LogP contribution < -0.4 is 4.74 Å². The van der Waals surface area contributed by atoms with Gasteiger partial charge in [0.15, 0.2) is 11.4 Å². The van der Waals surface area contributed by atoms with Crippen molar-refractivity contribution in [3.8, 4) is 27.7 Å². The number of rotatable bonds is 6. The third kappa shape index (κ3) is 5.27. The van der Waals surface area contributed by atoms with E-state index in [0.29, 0.717) is 39.6 Å². The number of nitrogens with zero attached hydrogens (tertiary/aromatic N) is 6. The van der Waals surface area contributed by atoms with E-state index in [1.807, 2.05) is 6.92 Å². The lowest BCUT2D eigenvalue weighted by atomic mass is 9.84. The highest BCUT2D eigenvalue weighted by molar-refractivity contribution is 7.15. The van der Waals surface area contributed by atoms with Gasteiger partial charge in [0.05, 0.1) is 43.8 Å². The van der Waals surface area contributed by atoms with Gasteiger partial charge in [0.1, 0.15) is 11.3 Å². The summed E-state index contributed by atoms with van der Waals surface area (Å²) in [5.74, 6) is 0.758.